The molecule has 0 N–H and O–H groups in total. The number of rotatable bonds is 68. The van der Waals surface area contributed by atoms with Gasteiger partial charge in [0.25, 0.3) is 0 Å². The van der Waals surface area contributed by atoms with E-state index in [0.29, 0.717) is 19.3 Å². The van der Waals surface area contributed by atoms with E-state index in [-0.39, 0.29) is 31.1 Å². The molecule has 0 aliphatic rings. The Morgan fingerprint density at radius 3 is 0.675 bits per heavy atom. The Morgan fingerprint density at radius 2 is 0.438 bits per heavy atom. The van der Waals surface area contributed by atoms with Crippen LogP contribution >= 0.6 is 0 Å². The molecule has 0 aromatic heterocycles. The van der Waals surface area contributed by atoms with Gasteiger partial charge in [-0.1, -0.05) is 353 Å². The summed E-state index contributed by atoms with van der Waals surface area (Å²) >= 11 is 0. The second-order valence-electron chi connectivity index (χ2n) is 24.9. The van der Waals surface area contributed by atoms with E-state index in [2.05, 4.69) is 45.1 Å². The zero-order chi connectivity index (χ0) is 57.8. The van der Waals surface area contributed by atoms with Crippen LogP contribution in [0.1, 0.15) is 412 Å². The second-order valence-corrected chi connectivity index (χ2v) is 24.9. The summed E-state index contributed by atoms with van der Waals surface area (Å²) in [7, 11) is 0. The molecule has 0 aromatic carbocycles. The maximum atomic E-state index is 12.9. The third kappa shape index (κ3) is 66.7. The molecule has 0 amide bonds. The average molecular weight is 1130 g/mol. The highest BCUT2D eigenvalue weighted by molar-refractivity contribution is 5.71. The molecule has 0 fully saturated rings. The van der Waals surface area contributed by atoms with Crippen molar-refractivity contribution >= 4 is 17.9 Å². The van der Waals surface area contributed by atoms with E-state index in [1.165, 1.54) is 302 Å². The molecule has 6 heteroatoms. The molecule has 0 spiro atoms. The van der Waals surface area contributed by atoms with Crippen LogP contribution in [0.2, 0.25) is 0 Å². The lowest BCUT2D eigenvalue weighted by molar-refractivity contribution is -0.167. The van der Waals surface area contributed by atoms with Gasteiger partial charge >= 0.3 is 17.9 Å². The molecule has 0 rings (SSSR count). The summed E-state index contributed by atoms with van der Waals surface area (Å²) in [5.74, 6) is -0.860. The molecule has 0 saturated carbocycles. The summed E-state index contributed by atoms with van der Waals surface area (Å²) in [5, 5.41) is 0. The first-order valence-electron chi connectivity index (χ1n) is 36.3. The van der Waals surface area contributed by atoms with Gasteiger partial charge in [-0.2, -0.15) is 0 Å². The highest BCUT2D eigenvalue weighted by Crippen LogP contribution is 2.19. The molecule has 472 valence electrons. The number of unbranched alkanes of at least 4 members (excludes halogenated alkanes) is 53. The van der Waals surface area contributed by atoms with E-state index >= 15 is 0 Å². The van der Waals surface area contributed by atoms with Gasteiger partial charge in [-0.05, 0) is 64.2 Å². The van der Waals surface area contributed by atoms with Crippen LogP contribution in [-0.2, 0) is 28.6 Å². The molecule has 80 heavy (non-hydrogen) atoms. The number of hydrogen-bond donors (Lipinski definition) is 0. The fraction of sp³-hybridized carbons (Fsp3) is 0.905. The monoisotopic (exact) mass is 1130 g/mol. The first kappa shape index (κ1) is 77.9. The van der Waals surface area contributed by atoms with Crippen molar-refractivity contribution in [2.45, 2.75) is 419 Å². The number of carbonyl (C=O) groups is 3. The minimum absolute atomic E-state index is 0.0709. The Kier molecular flexibility index (Phi) is 67.6. The number of esters is 3. The lowest BCUT2D eigenvalue weighted by Crippen LogP contribution is -2.30. The van der Waals surface area contributed by atoms with Crippen LogP contribution in [0.4, 0.5) is 0 Å². The van der Waals surface area contributed by atoms with E-state index < -0.39 is 6.10 Å². The molecule has 0 aliphatic carbocycles. The third-order valence-electron chi connectivity index (χ3n) is 16.7. The average Bonchev–Trinajstić information content (AvgIpc) is 3.46. The fourth-order valence-corrected chi connectivity index (χ4v) is 11.2. The molecular formula is C74H140O6. The van der Waals surface area contributed by atoms with Gasteiger partial charge in [0.2, 0.25) is 0 Å². The number of hydrogen-bond acceptors (Lipinski definition) is 6. The summed E-state index contributed by atoms with van der Waals surface area (Å²) in [6.07, 6.45) is 85.4. The predicted molar refractivity (Wildman–Crippen MR) is 349 cm³/mol. The highest BCUT2D eigenvalue weighted by atomic mass is 16.6. The van der Waals surface area contributed by atoms with Gasteiger partial charge in [0.05, 0.1) is 0 Å². The SMILES string of the molecule is CCC/C=C\CCCCCCCC(=O)OCC(COC(=O)CCCCCCCCCCCCCCCCCCCCCCCCCCCCCCCCCCCC)OC(=O)CCCCCCCCC/C=C\CCCCCCCCC. The standard InChI is InChI=1S/C74H140O6/c1-4-7-10-13-16-19-22-24-26-28-30-31-32-33-34-35-36-37-38-39-40-41-42-43-44-45-47-48-50-52-55-58-61-64-67-73(76)79-70-71(69-78-72(75)66-63-60-57-54-21-18-15-12-9-6-3)80-74(77)68-65-62-59-56-53-51-49-46-29-27-25-23-20-17-14-11-8-5-2/h12,15,27,29,71H,4-11,13-14,16-26,28,30-70H2,1-3H3/b15-12-,29-27-. The summed E-state index contributed by atoms with van der Waals surface area (Å²) in [4.78, 5) is 38.3. The molecule has 6 nitrogen and oxygen atoms in total. The van der Waals surface area contributed by atoms with Crippen LogP contribution in [0.5, 0.6) is 0 Å². The molecule has 1 atom stereocenters. The maximum absolute atomic E-state index is 12.9. The molecule has 0 radical (unpaired) electrons. The zero-order valence-corrected chi connectivity index (χ0v) is 54.4. The Bertz CT molecular complexity index is 1290. The van der Waals surface area contributed by atoms with E-state index in [1.54, 1.807) is 0 Å². The largest absolute Gasteiger partial charge is 0.462 e. The van der Waals surface area contributed by atoms with Crippen LogP contribution < -0.4 is 0 Å². The van der Waals surface area contributed by atoms with E-state index in [4.69, 9.17) is 14.2 Å². The summed E-state index contributed by atoms with van der Waals surface area (Å²) in [6, 6.07) is 0. The van der Waals surface area contributed by atoms with Gasteiger partial charge in [-0.25, -0.2) is 0 Å². The van der Waals surface area contributed by atoms with Crippen molar-refractivity contribution in [3.8, 4) is 0 Å². The van der Waals surface area contributed by atoms with Crippen LogP contribution in [0, 0.1) is 0 Å². The van der Waals surface area contributed by atoms with Crippen LogP contribution in [0.3, 0.4) is 0 Å². The van der Waals surface area contributed by atoms with Gasteiger partial charge in [-0.3, -0.25) is 14.4 Å². The van der Waals surface area contributed by atoms with Crippen molar-refractivity contribution in [2.75, 3.05) is 13.2 Å². The van der Waals surface area contributed by atoms with Crippen LogP contribution in [0.15, 0.2) is 24.3 Å². The fourth-order valence-electron chi connectivity index (χ4n) is 11.2. The Labute approximate surface area is 500 Å². The Hall–Kier alpha value is -2.11. The van der Waals surface area contributed by atoms with Gasteiger partial charge in [0.1, 0.15) is 13.2 Å². The molecule has 0 aliphatic heterocycles. The van der Waals surface area contributed by atoms with E-state index in [1.807, 2.05) is 0 Å². The number of carbonyl (C=O) groups excluding carboxylic acids is 3. The summed E-state index contributed by atoms with van der Waals surface area (Å²) in [5.41, 5.74) is 0. The quantitative estimate of drug-likeness (QED) is 0.0261. The van der Waals surface area contributed by atoms with Crippen molar-refractivity contribution in [2.24, 2.45) is 0 Å². The van der Waals surface area contributed by atoms with Crippen molar-refractivity contribution in [1.29, 1.82) is 0 Å². The first-order chi connectivity index (χ1) is 39.5. The second kappa shape index (κ2) is 69.4. The van der Waals surface area contributed by atoms with Gasteiger partial charge in [0.15, 0.2) is 6.10 Å². The summed E-state index contributed by atoms with van der Waals surface area (Å²) in [6.45, 7) is 6.64. The summed E-state index contributed by atoms with van der Waals surface area (Å²) < 4.78 is 16.9. The molecule has 0 bridgehead atoms. The normalized spacial score (nSPS) is 12.1. The van der Waals surface area contributed by atoms with Crippen molar-refractivity contribution in [3.63, 3.8) is 0 Å². The zero-order valence-electron chi connectivity index (χ0n) is 54.4. The molecule has 0 heterocycles. The molecule has 0 aromatic rings. The van der Waals surface area contributed by atoms with Crippen molar-refractivity contribution in [3.05, 3.63) is 24.3 Å². The topological polar surface area (TPSA) is 78.9 Å². The number of allylic oxidation sites excluding steroid dienone is 4. The van der Waals surface area contributed by atoms with Gasteiger partial charge < -0.3 is 14.2 Å². The first-order valence-corrected chi connectivity index (χ1v) is 36.3. The smallest absolute Gasteiger partial charge is 0.306 e. The Balaban J connectivity index is 4.01. The Morgan fingerprint density at radius 1 is 0.237 bits per heavy atom. The van der Waals surface area contributed by atoms with E-state index in [0.717, 1.165) is 70.6 Å². The van der Waals surface area contributed by atoms with Crippen LogP contribution in [0.25, 0.3) is 0 Å². The lowest BCUT2D eigenvalue weighted by atomic mass is 10.0. The highest BCUT2D eigenvalue weighted by Gasteiger charge is 2.19. The van der Waals surface area contributed by atoms with Gasteiger partial charge in [0, 0.05) is 19.3 Å². The lowest BCUT2D eigenvalue weighted by Gasteiger charge is -2.18. The van der Waals surface area contributed by atoms with Crippen molar-refractivity contribution < 1.29 is 28.6 Å². The third-order valence-corrected chi connectivity index (χ3v) is 16.7. The van der Waals surface area contributed by atoms with E-state index in [9.17, 15) is 14.4 Å². The maximum Gasteiger partial charge on any atom is 0.306 e. The van der Waals surface area contributed by atoms with Crippen LogP contribution in [-0.4, -0.2) is 37.2 Å². The minimum atomic E-state index is -0.774. The minimum Gasteiger partial charge on any atom is -0.462 e. The molecule has 0 saturated heterocycles. The molecular weight excluding hydrogens is 985 g/mol. The van der Waals surface area contributed by atoms with Crippen molar-refractivity contribution in [1.82, 2.24) is 0 Å². The number of ether oxygens (including phenoxy) is 3. The molecule has 1 unspecified atom stereocenters. The van der Waals surface area contributed by atoms with Gasteiger partial charge in [-0.15, -0.1) is 0 Å². The predicted octanol–water partition coefficient (Wildman–Crippen LogP) is 25.0.